The van der Waals surface area contributed by atoms with Crippen LogP contribution in [-0.2, 0) is 4.99 Å². The molecule has 2 aliphatic rings. The second-order valence-corrected chi connectivity index (χ2v) is 2.08. The molecule has 1 aromatic rings. The van der Waals surface area contributed by atoms with Crippen LogP contribution in [0.25, 0.3) is 0 Å². The number of hydrogen-bond donors (Lipinski definition) is 0. The van der Waals surface area contributed by atoms with Gasteiger partial charge in [-0.25, -0.2) is 0 Å². The minimum atomic E-state index is 0.826. The van der Waals surface area contributed by atoms with Crippen LogP contribution < -0.4 is 9.95 Å². The van der Waals surface area contributed by atoms with Crippen LogP contribution in [0.4, 0.5) is 11.4 Å². The largest absolute Gasteiger partial charge is 0.311 e. The van der Waals surface area contributed by atoms with Gasteiger partial charge in [-0.1, -0.05) is 11.1 Å². The molecule has 44 valence electrons. The molecule has 3 rings (SSSR count). The Bertz CT molecular complexity index is 284. The summed E-state index contributed by atoms with van der Waals surface area (Å²) in [4.78, 5) is 9.50. The summed E-state index contributed by atoms with van der Waals surface area (Å²) in [6.45, 7) is 0. The number of fused-ring (bicyclic) bond motifs is 1. The van der Waals surface area contributed by atoms with Crippen LogP contribution in [0.3, 0.4) is 0 Å². The predicted octanol–water partition coefficient (Wildman–Crippen LogP) is 1.38. The number of rotatable bonds is 0. The molecule has 3 heteroatoms. The zero-order valence-corrected chi connectivity index (χ0v) is 4.50. The van der Waals surface area contributed by atoms with Gasteiger partial charge < -0.3 is 4.89 Å². The Kier molecular flexibility index (Phi) is 0.378. The zero-order valence-electron chi connectivity index (χ0n) is 4.50. The summed E-state index contributed by atoms with van der Waals surface area (Å²) < 4.78 is 0. The molecule has 0 saturated carbocycles. The maximum Gasteiger partial charge on any atom is 0.196 e. The van der Waals surface area contributed by atoms with Gasteiger partial charge in [0, 0.05) is 0 Å². The zero-order chi connectivity index (χ0) is 5.84. The van der Waals surface area contributed by atoms with Gasteiger partial charge in [0.2, 0.25) is 0 Å². The Morgan fingerprint density at radius 2 is 2.33 bits per heavy atom. The Morgan fingerprint density at radius 1 is 1.33 bits per heavy atom. The van der Waals surface area contributed by atoms with Crippen molar-refractivity contribution in [3.8, 4) is 5.75 Å². The van der Waals surface area contributed by atoms with Gasteiger partial charge in [-0.2, -0.15) is 5.06 Å². The van der Waals surface area contributed by atoms with Crippen LogP contribution in [0.1, 0.15) is 0 Å². The van der Waals surface area contributed by atoms with Crippen molar-refractivity contribution in [3.05, 3.63) is 18.2 Å². The molecule has 2 aliphatic heterocycles. The van der Waals surface area contributed by atoms with Gasteiger partial charge in [-0.3, -0.25) is 0 Å². The highest BCUT2D eigenvalue weighted by Gasteiger charge is 2.42. The highest BCUT2D eigenvalue weighted by molar-refractivity contribution is 5.96. The first-order chi connectivity index (χ1) is 4.47. The lowest BCUT2D eigenvalue weighted by Gasteiger charge is -1.95. The minimum Gasteiger partial charge on any atom is -0.311 e. The summed E-state index contributed by atoms with van der Waals surface area (Å²) in [5.41, 5.74) is 2.20. The van der Waals surface area contributed by atoms with Crippen LogP contribution in [0.2, 0.25) is 0 Å². The van der Waals surface area contributed by atoms with Gasteiger partial charge in [-0.05, 0) is 12.1 Å². The Balaban J connectivity index is 2.41. The molecule has 0 atom stereocenters. The molecule has 0 bridgehead atoms. The van der Waals surface area contributed by atoms with Crippen molar-refractivity contribution >= 4 is 11.4 Å². The number of benzene rings is 1. The summed E-state index contributed by atoms with van der Waals surface area (Å²) in [7, 11) is 0. The first kappa shape index (κ1) is 3.74. The van der Waals surface area contributed by atoms with Crippen LogP contribution in [0.5, 0.6) is 5.75 Å². The molecular weight excluding hydrogens is 118 g/mol. The van der Waals surface area contributed by atoms with Crippen molar-refractivity contribution in [2.75, 3.05) is 5.06 Å². The van der Waals surface area contributed by atoms with Crippen LogP contribution >= 0.6 is 0 Å². The van der Waals surface area contributed by atoms with Gasteiger partial charge in [-0.15, -0.1) is 0 Å². The fourth-order valence-electron chi connectivity index (χ4n) is 1.06. The lowest BCUT2D eigenvalue weighted by atomic mass is 10.3. The van der Waals surface area contributed by atoms with Crippen molar-refractivity contribution in [1.29, 1.82) is 0 Å². The smallest absolute Gasteiger partial charge is 0.196 e. The molecule has 2 heterocycles. The average molecular weight is 121 g/mol. The third-order valence-electron chi connectivity index (χ3n) is 1.55. The quantitative estimate of drug-likeness (QED) is 0.382. The van der Waals surface area contributed by atoms with E-state index >= 15 is 0 Å². The van der Waals surface area contributed by atoms with Crippen LogP contribution in [-0.4, -0.2) is 0 Å². The van der Waals surface area contributed by atoms with E-state index in [1.807, 2.05) is 18.2 Å². The van der Waals surface area contributed by atoms with Crippen molar-refractivity contribution in [1.82, 2.24) is 0 Å². The summed E-state index contributed by atoms with van der Waals surface area (Å²) in [5.74, 6) is 0.826. The van der Waals surface area contributed by atoms with E-state index in [4.69, 9.17) is 9.88 Å². The van der Waals surface area contributed by atoms with Gasteiger partial charge >= 0.3 is 0 Å². The fraction of sp³-hybridized carbons (Fsp3) is 0. The van der Waals surface area contributed by atoms with Crippen molar-refractivity contribution < 1.29 is 9.88 Å². The summed E-state index contributed by atoms with van der Waals surface area (Å²) in [6.07, 6.45) is 0. The van der Waals surface area contributed by atoms with E-state index in [0.717, 1.165) is 17.1 Å². The first-order valence-corrected chi connectivity index (χ1v) is 2.74. The highest BCUT2D eigenvalue weighted by atomic mass is 17.3. The summed E-state index contributed by atoms with van der Waals surface area (Å²) in [5, 5.41) is 1.66. The predicted molar refractivity (Wildman–Crippen MR) is 30.3 cm³/mol. The number of nitrogens with zero attached hydrogens (tertiary/aromatic N) is 1. The topological polar surface area (TPSA) is 21.5 Å². The second kappa shape index (κ2) is 0.910. The number of hydrogen-bond acceptors (Lipinski definition) is 3. The van der Waals surface area contributed by atoms with Crippen LogP contribution in [0.15, 0.2) is 18.2 Å². The molecule has 3 nitrogen and oxygen atoms in total. The molecular formula is C6H3NO2. The number of para-hydroxylation sites is 1. The Hall–Kier alpha value is -1.22. The third kappa shape index (κ3) is 0.274. The highest BCUT2D eigenvalue weighted by Crippen LogP contribution is 2.58. The first-order valence-electron chi connectivity index (χ1n) is 2.74. The lowest BCUT2D eigenvalue weighted by Crippen LogP contribution is -1.98. The van der Waals surface area contributed by atoms with Crippen molar-refractivity contribution in [2.45, 2.75) is 0 Å². The normalized spacial score (nSPS) is 17.1. The molecule has 9 heavy (non-hydrogen) atoms. The summed E-state index contributed by atoms with van der Waals surface area (Å²) in [6, 6.07) is 5.81. The second-order valence-electron chi connectivity index (χ2n) is 2.08. The SMILES string of the molecule is c1cc2c3c(c1)N3OO2. The monoisotopic (exact) mass is 121 g/mol. The standard InChI is InChI=1S/C6H3NO2/c1-2-4-6-5(3-1)8-9-7(4)6/h1-3H. The molecule has 1 aromatic carbocycles. The molecule has 0 spiro atoms. The van der Waals surface area contributed by atoms with Crippen LogP contribution in [0, 0.1) is 0 Å². The van der Waals surface area contributed by atoms with E-state index < -0.39 is 0 Å². The maximum absolute atomic E-state index is 4.76. The van der Waals surface area contributed by atoms with E-state index in [9.17, 15) is 0 Å². The molecule has 0 aromatic heterocycles. The maximum atomic E-state index is 4.76. The van der Waals surface area contributed by atoms with Crippen molar-refractivity contribution in [2.24, 2.45) is 0 Å². The van der Waals surface area contributed by atoms with E-state index in [1.165, 1.54) is 0 Å². The molecule has 0 saturated heterocycles. The average Bonchev–Trinajstić information content (AvgIpc) is 2.35. The number of anilines is 2. The van der Waals surface area contributed by atoms with E-state index in [2.05, 4.69) is 0 Å². The lowest BCUT2D eigenvalue weighted by molar-refractivity contribution is -0.184. The van der Waals surface area contributed by atoms with Gasteiger partial charge in [0.15, 0.2) is 5.75 Å². The van der Waals surface area contributed by atoms with E-state index in [-0.39, 0.29) is 0 Å². The molecule has 0 unspecified atom stereocenters. The molecule has 0 aliphatic carbocycles. The third-order valence-corrected chi connectivity index (χ3v) is 1.55. The van der Waals surface area contributed by atoms with E-state index in [1.54, 1.807) is 5.06 Å². The van der Waals surface area contributed by atoms with Crippen molar-refractivity contribution in [3.63, 3.8) is 0 Å². The molecule has 0 amide bonds. The molecule has 0 radical (unpaired) electrons. The van der Waals surface area contributed by atoms with E-state index in [0.29, 0.717) is 0 Å². The molecule has 0 N–H and O–H groups in total. The Labute approximate surface area is 51.3 Å². The fourth-order valence-corrected chi connectivity index (χ4v) is 1.06. The minimum absolute atomic E-state index is 0.826. The molecule has 0 fully saturated rings. The van der Waals surface area contributed by atoms with Gasteiger partial charge in [0.1, 0.15) is 11.4 Å². The van der Waals surface area contributed by atoms with Gasteiger partial charge in [0.25, 0.3) is 0 Å². The van der Waals surface area contributed by atoms with Gasteiger partial charge in [0.05, 0.1) is 0 Å². The Morgan fingerprint density at radius 3 is 3.11 bits per heavy atom. The summed E-state index contributed by atoms with van der Waals surface area (Å²) >= 11 is 0.